The minimum atomic E-state index is -1.10. The number of benzene rings is 1. The van der Waals surface area contributed by atoms with Crippen LogP contribution in [0.5, 0.6) is 0 Å². The highest BCUT2D eigenvalue weighted by atomic mass is 16.3. The molecular weight excluding hydrogens is 544 g/mol. The van der Waals surface area contributed by atoms with Crippen molar-refractivity contribution in [3.05, 3.63) is 35.9 Å². The molecule has 43 heavy (non-hydrogen) atoms. The van der Waals surface area contributed by atoms with Crippen LogP contribution in [-0.2, 0) is 20.8 Å². The van der Waals surface area contributed by atoms with E-state index in [2.05, 4.69) is 16.6 Å². The van der Waals surface area contributed by atoms with Crippen LogP contribution >= 0.6 is 0 Å². The Hall–Kier alpha value is -2.93. The molecule has 9 nitrogen and oxygen atoms in total. The number of carbonyl (C=O) groups excluding carboxylic acids is 3. The van der Waals surface area contributed by atoms with E-state index < -0.39 is 42.0 Å². The summed E-state index contributed by atoms with van der Waals surface area (Å²) in [5, 5.41) is 27.6. The molecule has 0 radical (unpaired) electrons. The van der Waals surface area contributed by atoms with Gasteiger partial charge in [-0.1, -0.05) is 62.4 Å². The standard InChI is InChI=1S/C34H52N4O5/c1-5-12-28(34(43)36-29(22-25-15-10-7-11-16-25)32(41)31(40)26-17-18-26)35-33(42)27(21-24-13-8-6-9-14-24)23-30(39)38(4)20-19-37(2)3/h1,6,8-9,13-14,25-29,31-32,40-41H,7,10-12,15-23H2,2-4H3,(H,35,42)(H,36,43)/t27-,28+,29?,31+,32-/m1/s1. The van der Waals surface area contributed by atoms with Crippen molar-refractivity contribution >= 4 is 17.7 Å². The number of hydrogen-bond acceptors (Lipinski definition) is 6. The molecule has 0 aliphatic heterocycles. The molecule has 2 aliphatic carbocycles. The molecule has 0 heterocycles. The molecule has 0 spiro atoms. The van der Waals surface area contributed by atoms with Gasteiger partial charge in [0.2, 0.25) is 17.7 Å². The molecule has 2 saturated carbocycles. The minimum absolute atomic E-state index is 0.00829. The van der Waals surface area contributed by atoms with Crippen LogP contribution in [-0.4, -0.2) is 96.3 Å². The molecule has 1 aromatic carbocycles. The summed E-state index contributed by atoms with van der Waals surface area (Å²) in [6.45, 7) is 1.23. The number of rotatable bonds is 17. The van der Waals surface area contributed by atoms with Gasteiger partial charge in [-0.3, -0.25) is 14.4 Å². The number of aliphatic hydroxyl groups excluding tert-OH is 2. The van der Waals surface area contributed by atoms with Crippen molar-refractivity contribution in [3.63, 3.8) is 0 Å². The highest BCUT2D eigenvalue weighted by Crippen LogP contribution is 2.36. The largest absolute Gasteiger partial charge is 0.390 e. The van der Waals surface area contributed by atoms with Crippen molar-refractivity contribution in [1.29, 1.82) is 0 Å². The van der Waals surface area contributed by atoms with Crippen molar-refractivity contribution in [2.75, 3.05) is 34.2 Å². The summed E-state index contributed by atoms with van der Waals surface area (Å²) in [6, 6.07) is 7.81. The summed E-state index contributed by atoms with van der Waals surface area (Å²) in [7, 11) is 5.60. The number of carbonyl (C=O) groups is 3. The molecule has 2 aliphatic rings. The Morgan fingerprint density at radius 3 is 2.23 bits per heavy atom. The van der Waals surface area contributed by atoms with E-state index in [9.17, 15) is 24.6 Å². The SMILES string of the molecule is C#CC[C@H](NC(=O)[C@@H](CC(=O)N(C)CCN(C)C)Cc1ccccc1)C(=O)NC(CC1CCCCC1)[C@@H](O)[C@@H](O)C1CC1. The maximum Gasteiger partial charge on any atom is 0.243 e. The number of likely N-dealkylation sites (N-methyl/N-ethyl adjacent to an activating group) is 2. The van der Waals surface area contributed by atoms with Crippen LogP contribution < -0.4 is 10.6 Å². The average Bonchev–Trinajstić information content (AvgIpc) is 3.85. The Balaban J connectivity index is 1.72. The summed E-state index contributed by atoms with van der Waals surface area (Å²) in [4.78, 5) is 44.0. The van der Waals surface area contributed by atoms with Crippen LogP contribution in [0.4, 0.5) is 0 Å². The lowest BCUT2D eigenvalue weighted by Gasteiger charge is -2.33. The van der Waals surface area contributed by atoms with E-state index in [0.29, 0.717) is 31.8 Å². The Morgan fingerprint density at radius 1 is 0.953 bits per heavy atom. The summed E-state index contributed by atoms with van der Waals surface area (Å²) < 4.78 is 0. The highest BCUT2D eigenvalue weighted by Gasteiger charge is 2.40. The van der Waals surface area contributed by atoms with E-state index >= 15 is 0 Å². The first-order valence-electron chi connectivity index (χ1n) is 15.9. The zero-order chi connectivity index (χ0) is 31.4. The molecule has 9 heteroatoms. The molecule has 1 unspecified atom stereocenters. The third-order valence-electron chi connectivity index (χ3n) is 8.89. The molecule has 3 rings (SSSR count). The Morgan fingerprint density at radius 2 is 1.63 bits per heavy atom. The first kappa shape index (κ1) is 34.6. The molecule has 238 valence electrons. The number of amides is 3. The molecule has 2 fully saturated rings. The first-order chi connectivity index (χ1) is 20.6. The van der Waals surface area contributed by atoms with Gasteiger partial charge in [0.05, 0.1) is 18.1 Å². The second-order valence-electron chi connectivity index (χ2n) is 12.9. The Bertz CT molecular complexity index is 1060. The smallest absolute Gasteiger partial charge is 0.243 e. The van der Waals surface area contributed by atoms with Crippen LogP contribution in [0.1, 0.15) is 69.8 Å². The van der Waals surface area contributed by atoms with Crippen molar-refractivity contribution in [3.8, 4) is 12.3 Å². The van der Waals surface area contributed by atoms with Crippen molar-refractivity contribution in [2.45, 2.75) is 94.9 Å². The van der Waals surface area contributed by atoms with E-state index in [1.807, 2.05) is 49.3 Å². The van der Waals surface area contributed by atoms with Crippen LogP contribution in [0.25, 0.3) is 0 Å². The topological polar surface area (TPSA) is 122 Å². The van der Waals surface area contributed by atoms with E-state index in [-0.39, 0.29) is 24.7 Å². The summed E-state index contributed by atoms with van der Waals surface area (Å²) in [5.41, 5.74) is 0.911. The van der Waals surface area contributed by atoms with Crippen LogP contribution in [0.15, 0.2) is 30.3 Å². The second kappa shape index (κ2) is 17.4. The highest BCUT2D eigenvalue weighted by molar-refractivity contribution is 5.91. The van der Waals surface area contributed by atoms with Crippen molar-refractivity contribution < 1.29 is 24.6 Å². The zero-order valence-corrected chi connectivity index (χ0v) is 26.2. The molecule has 5 atom stereocenters. The Kier molecular flexibility index (Phi) is 14.0. The molecule has 0 saturated heterocycles. The van der Waals surface area contributed by atoms with Gasteiger partial charge in [-0.2, -0.15) is 0 Å². The van der Waals surface area contributed by atoms with Gasteiger partial charge in [0.25, 0.3) is 0 Å². The number of hydrogen-bond donors (Lipinski definition) is 4. The number of nitrogens with zero attached hydrogens (tertiary/aromatic N) is 2. The lowest BCUT2D eigenvalue weighted by atomic mass is 9.82. The van der Waals surface area contributed by atoms with Gasteiger partial charge in [-0.15, -0.1) is 12.3 Å². The fraction of sp³-hybridized carbons (Fsp3) is 0.676. The lowest BCUT2D eigenvalue weighted by Crippen LogP contribution is -2.56. The van der Waals surface area contributed by atoms with Gasteiger partial charge in [-0.25, -0.2) is 0 Å². The van der Waals surface area contributed by atoms with Gasteiger partial charge in [0.15, 0.2) is 0 Å². The predicted octanol–water partition coefficient (Wildman–Crippen LogP) is 2.35. The summed E-state index contributed by atoms with van der Waals surface area (Å²) >= 11 is 0. The van der Waals surface area contributed by atoms with E-state index in [1.165, 1.54) is 6.42 Å². The molecule has 0 bridgehead atoms. The zero-order valence-electron chi connectivity index (χ0n) is 26.2. The minimum Gasteiger partial charge on any atom is -0.390 e. The predicted molar refractivity (Wildman–Crippen MR) is 168 cm³/mol. The molecular formula is C34H52N4O5. The summed E-state index contributed by atoms with van der Waals surface area (Å²) in [5.74, 6) is 1.14. The van der Waals surface area contributed by atoms with Crippen LogP contribution in [0.2, 0.25) is 0 Å². The quantitative estimate of drug-likeness (QED) is 0.205. The first-order valence-corrected chi connectivity index (χ1v) is 15.9. The van der Waals surface area contributed by atoms with Gasteiger partial charge in [-0.05, 0) is 57.2 Å². The van der Waals surface area contributed by atoms with Gasteiger partial charge >= 0.3 is 0 Å². The van der Waals surface area contributed by atoms with Gasteiger partial charge in [0.1, 0.15) is 12.1 Å². The van der Waals surface area contributed by atoms with Crippen LogP contribution in [0, 0.1) is 30.1 Å². The molecule has 0 aromatic heterocycles. The fourth-order valence-electron chi connectivity index (χ4n) is 5.92. The molecule has 4 N–H and O–H groups in total. The van der Waals surface area contributed by atoms with Gasteiger partial charge < -0.3 is 30.6 Å². The van der Waals surface area contributed by atoms with E-state index in [4.69, 9.17) is 6.42 Å². The van der Waals surface area contributed by atoms with Gasteiger partial charge in [0, 0.05) is 33.0 Å². The summed E-state index contributed by atoms with van der Waals surface area (Å²) in [6.07, 6.45) is 11.7. The number of aliphatic hydroxyl groups is 2. The van der Waals surface area contributed by atoms with Crippen LogP contribution in [0.3, 0.4) is 0 Å². The molecule has 1 aromatic rings. The number of terminal acetylenes is 1. The normalized spacial score (nSPS) is 19.0. The maximum atomic E-state index is 13.7. The molecule has 3 amide bonds. The lowest BCUT2D eigenvalue weighted by molar-refractivity contribution is -0.137. The number of nitrogens with one attached hydrogen (secondary N) is 2. The third kappa shape index (κ3) is 11.6. The monoisotopic (exact) mass is 596 g/mol. The fourth-order valence-corrected chi connectivity index (χ4v) is 5.92. The van der Waals surface area contributed by atoms with E-state index in [0.717, 1.165) is 44.1 Å². The van der Waals surface area contributed by atoms with Crippen molar-refractivity contribution in [1.82, 2.24) is 20.4 Å². The van der Waals surface area contributed by atoms with Crippen molar-refractivity contribution in [2.24, 2.45) is 17.8 Å². The van der Waals surface area contributed by atoms with E-state index in [1.54, 1.807) is 11.9 Å². The average molecular weight is 597 g/mol. The Labute approximate surface area is 257 Å². The maximum absolute atomic E-state index is 13.7. The second-order valence-corrected chi connectivity index (χ2v) is 12.9. The third-order valence-corrected chi connectivity index (χ3v) is 8.89.